The van der Waals surface area contributed by atoms with Gasteiger partial charge in [-0.1, -0.05) is 66.7 Å². The molecule has 12 nitrogen and oxygen atoms in total. The molecule has 3 amide bonds. The molecule has 5 aromatic rings. The minimum atomic E-state index is -3.55. The number of aliphatic hydroxyl groups is 1. The fraction of sp³-hybridized carbons (Fsp3) is 0.0769. The first-order valence-electron chi connectivity index (χ1n) is 15.8. The molecule has 13 heteroatoms. The maximum absolute atomic E-state index is 14.9. The smallest absolute Gasteiger partial charge is 0.339 e. The fourth-order valence-corrected chi connectivity index (χ4v) is 10.9. The lowest BCUT2D eigenvalue weighted by atomic mass is 10.1. The van der Waals surface area contributed by atoms with Crippen LogP contribution in [0.1, 0.15) is 31.1 Å². The Bertz CT molecular complexity index is 2060. The van der Waals surface area contributed by atoms with Crippen molar-refractivity contribution in [3.05, 3.63) is 178 Å². The van der Waals surface area contributed by atoms with Crippen molar-refractivity contribution in [1.82, 2.24) is 10.0 Å². The number of nitro benzene ring substituents is 1. The van der Waals surface area contributed by atoms with Crippen molar-refractivity contribution >= 4 is 52.6 Å². The zero-order chi connectivity index (χ0) is 37.0. The summed E-state index contributed by atoms with van der Waals surface area (Å²) < 4.78 is 10.9. The standard InChI is InChI=1S/C39H30N3O9P/c1-50-38(46)33(40(35(43)26-22-24-27(25-23-26)42(48)49)41-36(44)31-20-12-13-21-32(31)37(41)45)34(39(47)51-2)52(28-14-6-3-7-15-28,29-16-8-4-9-17-29)30-18-10-5-11-19-30/h3-25,33H,1-2H3/p+1/b39-34-. The molecule has 1 N–H and O–H groups in total. The third kappa shape index (κ3) is 5.95. The molecule has 260 valence electrons. The Morgan fingerprint density at radius 2 is 1.12 bits per heavy atom. The van der Waals surface area contributed by atoms with Crippen LogP contribution >= 0.6 is 7.26 Å². The fourth-order valence-electron chi connectivity index (χ4n) is 6.36. The number of fused-ring (bicyclic) bond motifs is 1. The van der Waals surface area contributed by atoms with Gasteiger partial charge in [-0.15, -0.1) is 0 Å². The number of rotatable bonds is 11. The summed E-state index contributed by atoms with van der Waals surface area (Å²) in [5, 5.41) is 26.5. The normalized spacial score (nSPS) is 13.5. The highest BCUT2D eigenvalue weighted by Gasteiger charge is 2.61. The van der Waals surface area contributed by atoms with Gasteiger partial charge in [0.15, 0.2) is 7.26 Å². The van der Waals surface area contributed by atoms with E-state index in [-0.39, 0.29) is 27.7 Å². The lowest BCUT2D eigenvalue weighted by Gasteiger charge is -2.39. The van der Waals surface area contributed by atoms with Crippen LogP contribution in [0.5, 0.6) is 0 Å². The molecule has 5 aromatic carbocycles. The first-order valence-corrected chi connectivity index (χ1v) is 17.6. The number of hydrogen-bond acceptors (Lipinski definition) is 9. The number of imide groups is 1. The van der Waals surface area contributed by atoms with Crippen molar-refractivity contribution in [2.24, 2.45) is 0 Å². The summed E-state index contributed by atoms with van der Waals surface area (Å²) in [5.74, 6) is -4.82. The van der Waals surface area contributed by atoms with Gasteiger partial charge in [-0.05, 0) is 60.7 Å². The zero-order valence-corrected chi connectivity index (χ0v) is 28.8. The average molecular weight is 717 g/mol. The minimum Gasteiger partial charge on any atom is -0.478 e. The molecule has 1 unspecified atom stereocenters. The van der Waals surface area contributed by atoms with Crippen LogP contribution in [0.2, 0.25) is 0 Å². The number of nitro groups is 1. The van der Waals surface area contributed by atoms with Gasteiger partial charge in [-0.25, -0.2) is 9.80 Å². The minimum absolute atomic E-state index is 0.0330. The van der Waals surface area contributed by atoms with Gasteiger partial charge in [0.25, 0.3) is 23.4 Å². The van der Waals surface area contributed by atoms with Crippen LogP contribution in [0.3, 0.4) is 0 Å². The van der Waals surface area contributed by atoms with E-state index >= 15 is 0 Å². The van der Waals surface area contributed by atoms with Gasteiger partial charge in [0, 0.05) is 17.7 Å². The molecule has 1 aliphatic heterocycles. The van der Waals surface area contributed by atoms with Crippen LogP contribution in [0, 0.1) is 10.1 Å². The van der Waals surface area contributed by atoms with Gasteiger partial charge in [-0.3, -0.25) is 24.5 Å². The maximum Gasteiger partial charge on any atom is 0.339 e. The Morgan fingerprint density at radius 3 is 1.50 bits per heavy atom. The number of aliphatic hydroxyl groups excluding tert-OH is 1. The van der Waals surface area contributed by atoms with E-state index in [1.807, 2.05) is 36.4 Å². The Hall–Kier alpha value is -6.65. The topological polar surface area (TPSA) is 157 Å². The van der Waals surface area contributed by atoms with E-state index in [1.165, 1.54) is 19.2 Å². The molecule has 52 heavy (non-hydrogen) atoms. The van der Waals surface area contributed by atoms with E-state index < -0.39 is 47.9 Å². The van der Waals surface area contributed by atoms with E-state index in [1.54, 1.807) is 66.7 Å². The largest absolute Gasteiger partial charge is 0.478 e. The molecule has 6 rings (SSSR count). The van der Waals surface area contributed by atoms with Gasteiger partial charge in [0.2, 0.25) is 11.4 Å². The third-order valence-corrected chi connectivity index (χ3v) is 13.0. The molecule has 0 saturated carbocycles. The molecule has 0 aliphatic carbocycles. The maximum atomic E-state index is 14.9. The predicted octanol–water partition coefficient (Wildman–Crippen LogP) is 5.16. The van der Waals surface area contributed by atoms with Crippen LogP contribution in [0.25, 0.3) is 0 Å². The van der Waals surface area contributed by atoms with Gasteiger partial charge in [0.05, 0.1) is 30.3 Å². The quantitative estimate of drug-likeness (QED) is 0.0487. The molecule has 1 aliphatic rings. The van der Waals surface area contributed by atoms with E-state index in [0.717, 1.165) is 31.4 Å². The summed E-state index contributed by atoms with van der Waals surface area (Å²) in [6, 6.07) is 35.4. The Kier molecular flexibility index (Phi) is 9.93. The van der Waals surface area contributed by atoms with Gasteiger partial charge in [-0.2, -0.15) is 5.01 Å². The number of ether oxygens (including phenoxy) is 2. The first kappa shape index (κ1) is 35.2. The highest BCUT2D eigenvalue weighted by Crippen LogP contribution is 2.65. The summed E-state index contributed by atoms with van der Waals surface area (Å²) in [4.78, 5) is 68.8. The SMILES string of the molecule is COC(=O)C(/C(=C(\O)OC)[P+](c1ccccc1)(c1ccccc1)c1ccccc1)N(C(=O)c1ccc([N+](=O)[O-])cc1)N1C(=O)c2ccccc2C1=O. The van der Waals surface area contributed by atoms with E-state index in [0.29, 0.717) is 25.9 Å². The molecule has 0 saturated heterocycles. The Balaban J connectivity index is 1.74. The number of nitrogens with zero attached hydrogens (tertiary/aromatic N) is 3. The lowest BCUT2D eigenvalue weighted by Crippen LogP contribution is -2.59. The van der Waals surface area contributed by atoms with Gasteiger partial charge in [0.1, 0.15) is 15.9 Å². The summed E-state index contributed by atoms with van der Waals surface area (Å²) >= 11 is 0. The number of carbonyl (C=O) groups excluding carboxylic acids is 4. The first-order chi connectivity index (χ1) is 25.2. The van der Waals surface area contributed by atoms with Crippen molar-refractivity contribution in [1.29, 1.82) is 0 Å². The molecule has 0 spiro atoms. The van der Waals surface area contributed by atoms with Crippen molar-refractivity contribution in [3.8, 4) is 0 Å². The summed E-state index contributed by atoms with van der Waals surface area (Å²) in [7, 11) is -1.29. The molecule has 1 atom stereocenters. The number of benzene rings is 5. The second-order valence-electron chi connectivity index (χ2n) is 11.4. The summed E-state index contributed by atoms with van der Waals surface area (Å²) in [6.07, 6.45) is 0. The lowest BCUT2D eigenvalue weighted by molar-refractivity contribution is -0.384. The van der Waals surface area contributed by atoms with E-state index in [9.17, 15) is 34.4 Å². The molecule has 0 fully saturated rings. The van der Waals surface area contributed by atoms with Crippen LogP contribution in [0.4, 0.5) is 5.69 Å². The monoisotopic (exact) mass is 716 g/mol. The number of carbonyl (C=O) groups is 4. The molecular weight excluding hydrogens is 685 g/mol. The molecule has 0 radical (unpaired) electrons. The Labute approximate surface area is 298 Å². The number of non-ortho nitro benzene ring substituents is 1. The highest BCUT2D eigenvalue weighted by atomic mass is 31.2. The summed E-state index contributed by atoms with van der Waals surface area (Å²) in [6.45, 7) is 0. The predicted molar refractivity (Wildman–Crippen MR) is 194 cm³/mol. The molecule has 0 bridgehead atoms. The number of hydrogen-bond donors (Lipinski definition) is 1. The van der Waals surface area contributed by atoms with Crippen LogP contribution < -0.4 is 15.9 Å². The van der Waals surface area contributed by atoms with Crippen molar-refractivity contribution in [3.63, 3.8) is 0 Å². The number of esters is 1. The van der Waals surface area contributed by atoms with Crippen LogP contribution in [-0.4, -0.2) is 64.0 Å². The van der Waals surface area contributed by atoms with E-state index in [2.05, 4.69) is 0 Å². The number of hydrazine groups is 1. The molecule has 0 aromatic heterocycles. The van der Waals surface area contributed by atoms with E-state index in [4.69, 9.17) is 9.47 Å². The summed E-state index contributed by atoms with van der Waals surface area (Å²) in [5.41, 5.74) is -0.604. The zero-order valence-electron chi connectivity index (χ0n) is 27.9. The van der Waals surface area contributed by atoms with Gasteiger partial charge < -0.3 is 14.6 Å². The van der Waals surface area contributed by atoms with Crippen LogP contribution in [0.15, 0.2) is 151 Å². The van der Waals surface area contributed by atoms with Crippen molar-refractivity contribution < 1.29 is 38.7 Å². The third-order valence-electron chi connectivity index (χ3n) is 8.65. The van der Waals surface area contributed by atoms with Gasteiger partial charge >= 0.3 is 11.9 Å². The number of methoxy groups -OCH3 is 2. The molecule has 1 heterocycles. The number of amides is 3. The molecular formula is C39H31N3O9P+. The average Bonchev–Trinajstić information content (AvgIpc) is 3.44. The van der Waals surface area contributed by atoms with Crippen LogP contribution in [-0.2, 0) is 14.3 Å². The Morgan fingerprint density at radius 1 is 0.692 bits per heavy atom. The highest BCUT2D eigenvalue weighted by molar-refractivity contribution is 7.99. The van der Waals surface area contributed by atoms with Crippen molar-refractivity contribution in [2.45, 2.75) is 6.04 Å². The second kappa shape index (κ2) is 14.7. The second-order valence-corrected chi connectivity index (χ2v) is 14.8. The van der Waals surface area contributed by atoms with Crippen molar-refractivity contribution in [2.75, 3.05) is 14.2 Å².